The van der Waals surface area contributed by atoms with Crippen LogP contribution in [0.3, 0.4) is 0 Å². The fourth-order valence-corrected chi connectivity index (χ4v) is 0.965. The molecule has 0 spiro atoms. The molecule has 8 nitrogen and oxygen atoms in total. The molecule has 106 valence electrons. The average Bonchev–Trinajstić information content (AvgIpc) is 2.25. The van der Waals surface area contributed by atoms with Crippen molar-refractivity contribution in [1.82, 2.24) is 0 Å². The largest absolute Gasteiger partial charge is 0.504 e. The van der Waals surface area contributed by atoms with Gasteiger partial charge in [0.15, 0.2) is 11.5 Å². The summed E-state index contributed by atoms with van der Waals surface area (Å²) >= 11 is 0. The highest BCUT2D eigenvalue weighted by Crippen LogP contribution is 2.26. The third kappa shape index (κ3) is 9.59. The Bertz CT molecular complexity index is 553. The molecule has 0 saturated carbocycles. The molecule has 0 aromatic heterocycles. The van der Waals surface area contributed by atoms with E-state index in [1.807, 2.05) is 0 Å². The van der Waals surface area contributed by atoms with E-state index in [2.05, 4.69) is 0 Å². The van der Waals surface area contributed by atoms with E-state index in [0.29, 0.717) is 11.3 Å². The van der Waals surface area contributed by atoms with Crippen molar-refractivity contribution in [2.24, 2.45) is 0 Å². The van der Waals surface area contributed by atoms with E-state index >= 15 is 0 Å². The quantitative estimate of drug-likeness (QED) is 0.474. The lowest BCUT2D eigenvalue weighted by Crippen LogP contribution is -1.89. The second-order valence-electron chi connectivity index (χ2n) is 3.05. The Labute approximate surface area is 109 Å². The van der Waals surface area contributed by atoms with E-state index in [0.717, 1.165) is 6.08 Å². The Hall–Kier alpha value is -2.10. The predicted molar refractivity (Wildman–Crippen MR) is 65.5 cm³/mol. The monoisotopic (exact) mass is 292 g/mol. The number of carboxylic acids is 1. The number of aromatic hydroxyl groups is 1. The van der Waals surface area contributed by atoms with Crippen LogP contribution in [0.25, 0.3) is 6.08 Å². The number of hydrogen-bond acceptors (Lipinski definition) is 5. The van der Waals surface area contributed by atoms with Crippen molar-refractivity contribution in [1.29, 1.82) is 0 Å². The lowest BCUT2D eigenvalue weighted by Gasteiger charge is -2.03. The van der Waals surface area contributed by atoms with E-state index in [1.54, 1.807) is 12.1 Å². The maximum absolute atomic E-state index is 10.2. The van der Waals surface area contributed by atoms with Gasteiger partial charge in [0.25, 0.3) is 0 Å². The van der Waals surface area contributed by atoms with Gasteiger partial charge in [-0.15, -0.1) is 0 Å². The number of benzene rings is 1. The third-order valence-corrected chi connectivity index (χ3v) is 1.62. The third-order valence-electron chi connectivity index (χ3n) is 1.62. The minimum absolute atomic E-state index is 0.0278. The van der Waals surface area contributed by atoms with Crippen LogP contribution >= 0.6 is 0 Å². The van der Waals surface area contributed by atoms with Crippen molar-refractivity contribution in [2.75, 3.05) is 7.11 Å². The summed E-state index contributed by atoms with van der Waals surface area (Å²) < 4.78 is 36.4. The Morgan fingerprint density at radius 1 is 1.32 bits per heavy atom. The zero-order valence-electron chi connectivity index (χ0n) is 9.72. The first-order valence-corrected chi connectivity index (χ1v) is 6.01. The van der Waals surface area contributed by atoms with Crippen LogP contribution in [0.15, 0.2) is 24.3 Å². The van der Waals surface area contributed by atoms with Crippen molar-refractivity contribution in [3.8, 4) is 11.5 Å². The van der Waals surface area contributed by atoms with Gasteiger partial charge in [-0.1, -0.05) is 6.07 Å². The van der Waals surface area contributed by atoms with E-state index in [4.69, 9.17) is 27.4 Å². The number of carboxylic acid groups (broad SMARTS) is 1. The predicted octanol–water partition coefficient (Wildman–Crippen LogP) is 0.846. The Kier molecular flexibility index (Phi) is 6.55. The standard InChI is InChI=1S/C10H10O4.H2O4S/c1-14-9-6-7(2-4-8(9)11)3-5-10(12)13;1-5(2,3)4/h2-6,11H,1H3,(H,12,13);(H2,1,2,3,4). The fourth-order valence-electron chi connectivity index (χ4n) is 0.965. The zero-order valence-corrected chi connectivity index (χ0v) is 10.5. The maximum Gasteiger partial charge on any atom is 0.394 e. The van der Waals surface area contributed by atoms with Gasteiger partial charge in [-0.25, -0.2) is 4.79 Å². The molecule has 1 aromatic rings. The van der Waals surface area contributed by atoms with Gasteiger partial charge in [-0.3, -0.25) is 9.11 Å². The minimum Gasteiger partial charge on any atom is -0.504 e. The first-order chi connectivity index (χ1) is 8.63. The first kappa shape index (κ1) is 16.9. The number of hydrogen-bond donors (Lipinski definition) is 4. The smallest absolute Gasteiger partial charge is 0.394 e. The van der Waals surface area contributed by atoms with Crippen molar-refractivity contribution in [3.63, 3.8) is 0 Å². The van der Waals surface area contributed by atoms with E-state index in [1.165, 1.54) is 19.3 Å². The molecule has 0 radical (unpaired) electrons. The van der Waals surface area contributed by atoms with Gasteiger partial charge in [0.1, 0.15) is 0 Å². The number of phenols is 1. The van der Waals surface area contributed by atoms with Crippen LogP contribution in [0.1, 0.15) is 5.56 Å². The first-order valence-electron chi connectivity index (χ1n) is 4.61. The summed E-state index contributed by atoms with van der Waals surface area (Å²) in [5.74, 6) is -0.672. The molecule has 0 aliphatic carbocycles. The highest BCUT2D eigenvalue weighted by Gasteiger charge is 2.00. The van der Waals surface area contributed by atoms with Gasteiger partial charge in [-0.2, -0.15) is 8.42 Å². The second-order valence-corrected chi connectivity index (χ2v) is 3.95. The topological polar surface area (TPSA) is 141 Å². The molecule has 0 unspecified atom stereocenters. The number of ether oxygens (including phenoxy) is 1. The summed E-state index contributed by atoms with van der Waals surface area (Å²) in [5.41, 5.74) is 0.655. The van der Waals surface area contributed by atoms with Crippen molar-refractivity contribution in [2.45, 2.75) is 0 Å². The normalized spacial score (nSPS) is 10.7. The van der Waals surface area contributed by atoms with Crippen LogP contribution in [0, 0.1) is 0 Å². The Morgan fingerprint density at radius 3 is 2.26 bits per heavy atom. The summed E-state index contributed by atoms with van der Waals surface area (Å²) in [7, 11) is -3.24. The molecule has 0 saturated heterocycles. The van der Waals surface area contributed by atoms with Crippen LogP contribution < -0.4 is 4.74 Å². The van der Waals surface area contributed by atoms with Crippen LogP contribution in [-0.2, 0) is 15.2 Å². The Balaban J connectivity index is 0.000000555. The molecule has 0 aliphatic heterocycles. The molecule has 0 heterocycles. The van der Waals surface area contributed by atoms with Crippen LogP contribution in [0.5, 0.6) is 11.5 Å². The summed E-state index contributed by atoms with van der Waals surface area (Å²) in [5, 5.41) is 17.6. The molecule has 0 amide bonds. The molecule has 1 rings (SSSR count). The minimum atomic E-state index is -4.67. The van der Waals surface area contributed by atoms with Gasteiger partial charge in [-0.05, 0) is 23.8 Å². The lowest BCUT2D eigenvalue weighted by atomic mass is 10.2. The number of rotatable bonds is 3. The average molecular weight is 292 g/mol. The summed E-state index contributed by atoms with van der Waals surface area (Å²) in [4.78, 5) is 10.2. The van der Waals surface area contributed by atoms with Gasteiger partial charge < -0.3 is 14.9 Å². The SMILES string of the molecule is COc1cc(C=CC(=O)O)ccc1O.O=S(=O)(O)O. The van der Waals surface area contributed by atoms with Crippen LogP contribution in [0.4, 0.5) is 0 Å². The molecule has 0 fully saturated rings. The summed E-state index contributed by atoms with van der Waals surface area (Å²) in [6.45, 7) is 0. The number of methoxy groups -OCH3 is 1. The van der Waals surface area contributed by atoms with Gasteiger partial charge in [0.2, 0.25) is 0 Å². The van der Waals surface area contributed by atoms with Crippen molar-refractivity contribution >= 4 is 22.4 Å². The molecule has 9 heteroatoms. The van der Waals surface area contributed by atoms with Crippen LogP contribution in [0.2, 0.25) is 0 Å². The molecule has 19 heavy (non-hydrogen) atoms. The lowest BCUT2D eigenvalue weighted by molar-refractivity contribution is -0.131. The van der Waals surface area contributed by atoms with E-state index in [-0.39, 0.29) is 5.75 Å². The van der Waals surface area contributed by atoms with E-state index in [9.17, 15) is 9.90 Å². The highest BCUT2D eigenvalue weighted by molar-refractivity contribution is 7.79. The van der Waals surface area contributed by atoms with Crippen molar-refractivity contribution in [3.05, 3.63) is 29.8 Å². The second kappa shape index (κ2) is 7.36. The summed E-state index contributed by atoms with van der Waals surface area (Å²) in [6.07, 6.45) is 2.44. The van der Waals surface area contributed by atoms with E-state index < -0.39 is 16.4 Å². The van der Waals surface area contributed by atoms with Gasteiger partial charge in [0.05, 0.1) is 7.11 Å². The summed E-state index contributed by atoms with van der Waals surface area (Å²) in [6, 6.07) is 4.59. The highest BCUT2D eigenvalue weighted by atomic mass is 32.3. The Morgan fingerprint density at radius 2 is 1.84 bits per heavy atom. The zero-order chi connectivity index (χ0) is 15.1. The number of carbonyl (C=O) groups is 1. The van der Waals surface area contributed by atoms with Crippen molar-refractivity contribution < 1.29 is 37.3 Å². The number of phenolic OH excluding ortho intramolecular Hbond substituents is 1. The van der Waals surface area contributed by atoms with Gasteiger partial charge >= 0.3 is 16.4 Å². The molecule has 0 atom stereocenters. The number of aliphatic carboxylic acids is 1. The molecule has 0 aliphatic rings. The molecular formula is C10H12O8S. The molecule has 0 bridgehead atoms. The maximum atomic E-state index is 10.2. The fraction of sp³-hybridized carbons (Fsp3) is 0.100. The van der Waals surface area contributed by atoms with Crippen LogP contribution in [-0.4, -0.2) is 40.8 Å². The van der Waals surface area contributed by atoms with Gasteiger partial charge in [0, 0.05) is 6.08 Å². The molecule has 1 aromatic carbocycles. The molecular weight excluding hydrogens is 280 g/mol. The molecule has 4 N–H and O–H groups in total.